The summed E-state index contributed by atoms with van der Waals surface area (Å²) >= 11 is 0. The van der Waals surface area contributed by atoms with Gasteiger partial charge in [-0.3, -0.25) is 4.79 Å². The van der Waals surface area contributed by atoms with Gasteiger partial charge in [-0.1, -0.05) is 18.2 Å². The summed E-state index contributed by atoms with van der Waals surface area (Å²) < 4.78 is 1.75. The van der Waals surface area contributed by atoms with E-state index in [0.29, 0.717) is 10.7 Å². The molecule has 0 unspecified atom stereocenters. The minimum Gasteiger partial charge on any atom is -0.350 e. The van der Waals surface area contributed by atoms with E-state index < -0.39 is 6.03 Å². The van der Waals surface area contributed by atoms with Gasteiger partial charge in [0.05, 0.1) is 5.29 Å². The molecule has 0 aliphatic rings. The SMILES string of the molecule is CN(N=O)C(=O)NCCNC(=O)c1cc2c(c[n+]1C)[nH]c1ccccc12. The number of aromatic nitrogens is 2. The molecule has 9 heteroatoms. The average Bonchev–Trinajstić information content (AvgIpc) is 3.00. The van der Waals surface area contributed by atoms with Crippen molar-refractivity contribution in [1.82, 2.24) is 20.6 Å². The molecule has 0 spiro atoms. The van der Waals surface area contributed by atoms with Crippen LogP contribution in [0.5, 0.6) is 0 Å². The van der Waals surface area contributed by atoms with Crippen LogP contribution in [-0.2, 0) is 7.05 Å². The maximum atomic E-state index is 12.5. The highest BCUT2D eigenvalue weighted by Crippen LogP contribution is 2.24. The molecule has 3 aromatic rings. The van der Waals surface area contributed by atoms with Crippen molar-refractivity contribution in [2.24, 2.45) is 12.3 Å². The second-order valence-corrected chi connectivity index (χ2v) is 5.86. The summed E-state index contributed by atoms with van der Waals surface area (Å²) in [6.07, 6.45) is 1.87. The van der Waals surface area contributed by atoms with Gasteiger partial charge in [-0.2, -0.15) is 9.58 Å². The van der Waals surface area contributed by atoms with Crippen molar-refractivity contribution in [2.75, 3.05) is 20.1 Å². The van der Waals surface area contributed by atoms with E-state index >= 15 is 0 Å². The summed E-state index contributed by atoms with van der Waals surface area (Å²) in [6.45, 7) is 0.409. The van der Waals surface area contributed by atoms with Gasteiger partial charge in [0.1, 0.15) is 12.6 Å². The quantitative estimate of drug-likeness (QED) is 0.277. The average molecular weight is 355 g/mol. The van der Waals surface area contributed by atoms with Crippen molar-refractivity contribution in [1.29, 1.82) is 0 Å². The molecule has 3 rings (SSSR count). The number of carbonyl (C=O) groups excluding carboxylic acids is 2. The molecule has 134 valence electrons. The lowest BCUT2D eigenvalue weighted by atomic mass is 10.1. The first-order valence-electron chi connectivity index (χ1n) is 8.04. The Kier molecular flexibility index (Phi) is 4.78. The molecule has 9 nitrogen and oxygen atoms in total. The summed E-state index contributed by atoms with van der Waals surface area (Å²) in [4.78, 5) is 37.4. The van der Waals surface area contributed by atoms with Crippen LogP contribution in [0.1, 0.15) is 10.5 Å². The Morgan fingerprint density at radius 3 is 2.65 bits per heavy atom. The van der Waals surface area contributed by atoms with Crippen LogP contribution in [0.3, 0.4) is 0 Å². The smallest absolute Gasteiger partial charge is 0.340 e. The Balaban J connectivity index is 1.72. The lowest BCUT2D eigenvalue weighted by Crippen LogP contribution is -2.43. The Hall–Kier alpha value is -3.49. The number of hydrogen-bond acceptors (Lipinski definition) is 4. The van der Waals surface area contributed by atoms with Gasteiger partial charge in [0.15, 0.2) is 6.20 Å². The highest BCUT2D eigenvalue weighted by atomic mass is 16.3. The predicted octanol–water partition coefficient (Wildman–Crippen LogP) is 1.20. The number of fused-ring (bicyclic) bond motifs is 3. The predicted molar refractivity (Wildman–Crippen MR) is 96.3 cm³/mol. The summed E-state index contributed by atoms with van der Waals surface area (Å²) in [5.41, 5.74) is 2.46. The van der Waals surface area contributed by atoms with Crippen LogP contribution in [0.4, 0.5) is 4.79 Å². The van der Waals surface area contributed by atoms with E-state index in [1.165, 1.54) is 7.05 Å². The minimum absolute atomic E-state index is 0.184. The van der Waals surface area contributed by atoms with E-state index in [9.17, 15) is 14.5 Å². The van der Waals surface area contributed by atoms with Gasteiger partial charge in [-0.15, -0.1) is 4.91 Å². The molecule has 0 atom stereocenters. The van der Waals surface area contributed by atoms with Crippen molar-refractivity contribution < 1.29 is 14.2 Å². The van der Waals surface area contributed by atoms with Crippen LogP contribution in [0.25, 0.3) is 21.8 Å². The van der Waals surface area contributed by atoms with Crippen LogP contribution in [0.15, 0.2) is 41.8 Å². The van der Waals surface area contributed by atoms with Gasteiger partial charge in [0.2, 0.25) is 0 Å². The normalized spacial score (nSPS) is 10.7. The van der Waals surface area contributed by atoms with Crippen LogP contribution in [0.2, 0.25) is 0 Å². The number of aromatic amines is 1. The van der Waals surface area contributed by atoms with E-state index in [4.69, 9.17) is 0 Å². The topological polar surface area (TPSA) is 111 Å². The van der Waals surface area contributed by atoms with Gasteiger partial charge in [0, 0.05) is 42.5 Å². The number of amides is 3. The zero-order chi connectivity index (χ0) is 18.7. The molecule has 3 N–H and O–H groups in total. The molecular formula is C17H19N6O3+. The molecule has 0 bridgehead atoms. The molecule has 26 heavy (non-hydrogen) atoms. The molecular weight excluding hydrogens is 336 g/mol. The third-order valence-corrected chi connectivity index (χ3v) is 4.10. The van der Waals surface area contributed by atoms with E-state index in [1.807, 2.05) is 36.5 Å². The zero-order valence-electron chi connectivity index (χ0n) is 14.4. The monoisotopic (exact) mass is 355 g/mol. The lowest BCUT2D eigenvalue weighted by molar-refractivity contribution is -0.672. The number of pyridine rings is 1. The fraction of sp³-hybridized carbons (Fsp3) is 0.235. The molecule has 0 aliphatic heterocycles. The second-order valence-electron chi connectivity index (χ2n) is 5.86. The number of para-hydroxylation sites is 1. The van der Waals surface area contributed by atoms with Crippen molar-refractivity contribution >= 4 is 33.7 Å². The van der Waals surface area contributed by atoms with Gasteiger partial charge >= 0.3 is 11.9 Å². The van der Waals surface area contributed by atoms with Crippen LogP contribution < -0.4 is 15.2 Å². The van der Waals surface area contributed by atoms with E-state index in [2.05, 4.69) is 20.9 Å². The molecule has 3 amide bonds. The first-order valence-corrected chi connectivity index (χ1v) is 8.04. The number of urea groups is 1. The number of nitrogens with zero attached hydrogens (tertiary/aromatic N) is 3. The summed E-state index contributed by atoms with van der Waals surface area (Å²) in [6, 6.07) is 9.12. The third kappa shape index (κ3) is 3.32. The van der Waals surface area contributed by atoms with Gasteiger partial charge in [-0.25, -0.2) is 4.79 Å². The standard InChI is InChI=1S/C17H18N6O3/c1-22-10-14-12(11-5-3-4-6-13(11)20-14)9-15(22)16(24)18-7-8-19-17(25)23(2)21-26/h3-6,9-10H,7-8H2,1-2H3,(H2,18,19,24,25)/p+1. The fourth-order valence-corrected chi connectivity index (χ4v) is 2.76. The van der Waals surface area contributed by atoms with Crippen molar-refractivity contribution in [3.63, 3.8) is 0 Å². The van der Waals surface area contributed by atoms with Gasteiger partial charge < -0.3 is 15.6 Å². The highest BCUT2D eigenvalue weighted by Gasteiger charge is 2.19. The zero-order valence-corrected chi connectivity index (χ0v) is 14.4. The number of rotatable bonds is 5. The van der Waals surface area contributed by atoms with Crippen LogP contribution in [-0.4, -0.2) is 42.1 Å². The maximum Gasteiger partial charge on any atom is 0.340 e. The van der Waals surface area contributed by atoms with E-state index in [1.54, 1.807) is 11.6 Å². The first kappa shape index (κ1) is 17.3. The van der Waals surface area contributed by atoms with E-state index in [0.717, 1.165) is 21.8 Å². The number of carbonyl (C=O) groups is 2. The lowest BCUT2D eigenvalue weighted by Gasteiger charge is -2.09. The number of aryl methyl sites for hydroxylation is 1. The maximum absolute atomic E-state index is 12.5. The Bertz CT molecular complexity index is 997. The van der Waals surface area contributed by atoms with Crippen LogP contribution >= 0.6 is 0 Å². The molecule has 0 fully saturated rings. The Morgan fingerprint density at radius 2 is 1.88 bits per heavy atom. The summed E-state index contributed by atoms with van der Waals surface area (Å²) in [7, 11) is 3.05. The van der Waals surface area contributed by atoms with Crippen molar-refractivity contribution in [3.8, 4) is 0 Å². The summed E-state index contributed by atoms with van der Waals surface area (Å²) in [5.74, 6) is -0.254. The number of hydrogen-bond donors (Lipinski definition) is 3. The number of benzene rings is 1. The van der Waals surface area contributed by atoms with Crippen molar-refractivity contribution in [2.45, 2.75) is 0 Å². The molecule has 0 aliphatic carbocycles. The third-order valence-electron chi connectivity index (χ3n) is 4.10. The molecule has 0 radical (unpaired) electrons. The molecule has 0 saturated carbocycles. The Morgan fingerprint density at radius 1 is 1.15 bits per heavy atom. The Labute approximate surface area is 148 Å². The van der Waals surface area contributed by atoms with Gasteiger partial charge in [-0.05, 0) is 6.07 Å². The summed E-state index contributed by atoms with van der Waals surface area (Å²) in [5, 5.41) is 10.4. The van der Waals surface area contributed by atoms with Crippen molar-refractivity contribution in [3.05, 3.63) is 47.1 Å². The van der Waals surface area contributed by atoms with Crippen LogP contribution in [0, 0.1) is 4.91 Å². The highest BCUT2D eigenvalue weighted by molar-refractivity contribution is 6.08. The number of nitroso groups, excluding NO2 is 1. The molecule has 2 heterocycles. The first-order chi connectivity index (χ1) is 12.5. The fourth-order valence-electron chi connectivity index (χ4n) is 2.76. The minimum atomic E-state index is -0.625. The largest absolute Gasteiger partial charge is 0.350 e. The number of nitrogens with one attached hydrogen (secondary N) is 3. The molecule has 1 aromatic carbocycles. The molecule has 2 aromatic heterocycles. The van der Waals surface area contributed by atoms with E-state index in [-0.39, 0.29) is 19.0 Å². The number of H-pyrrole nitrogens is 1. The second kappa shape index (κ2) is 7.18. The molecule has 0 saturated heterocycles. The van der Waals surface area contributed by atoms with Gasteiger partial charge in [0.25, 0.3) is 5.69 Å².